The fourth-order valence-corrected chi connectivity index (χ4v) is 1.42. The molecule has 0 amide bonds. The number of hydrogen-bond donors (Lipinski definition) is 1. The fraction of sp³-hybridized carbons (Fsp3) is 0.417. The predicted octanol–water partition coefficient (Wildman–Crippen LogP) is 2.30. The van der Waals surface area contributed by atoms with E-state index in [1.165, 1.54) is 0 Å². The second-order valence-electron chi connectivity index (χ2n) is 3.70. The summed E-state index contributed by atoms with van der Waals surface area (Å²) in [5, 5.41) is 13.8. The van der Waals surface area contributed by atoms with E-state index in [9.17, 15) is 10.1 Å². The molecule has 0 saturated heterocycles. The second kappa shape index (κ2) is 7.39. The molecule has 1 rings (SSSR count). The summed E-state index contributed by atoms with van der Waals surface area (Å²) in [6.45, 7) is 6.83. The van der Waals surface area contributed by atoms with Crippen LogP contribution >= 0.6 is 0 Å². The minimum Gasteiger partial charge on any atom is -0.379 e. The van der Waals surface area contributed by atoms with Crippen LogP contribution < -0.4 is 5.32 Å². The molecule has 0 unspecified atom stereocenters. The lowest BCUT2D eigenvalue weighted by Gasteiger charge is -2.07. The van der Waals surface area contributed by atoms with Crippen LogP contribution in [0.15, 0.2) is 24.9 Å². The van der Waals surface area contributed by atoms with Crippen molar-refractivity contribution in [2.45, 2.75) is 13.3 Å². The molecule has 0 atom stereocenters. The highest BCUT2D eigenvalue weighted by Gasteiger charge is 2.17. The molecule has 0 aliphatic heterocycles. The molecule has 0 radical (unpaired) electrons. The third-order valence-corrected chi connectivity index (χ3v) is 2.31. The van der Waals surface area contributed by atoms with Crippen LogP contribution in [0.1, 0.15) is 12.0 Å². The maximum atomic E-state index is 10.9. The monoisotopic (exact) mass is 251 g/mol. The Balaban J connectivity index is 2.49. The number of aryl methyl sites for hydroxylation is 1. The SMILES string of the molecule is C=CCCOCCNc1nccc(C)c1[N+](=O)[O-]. The minimum atomic E-state index is -0.427. The number of anilines is 1. The van der Waals surface area contributed by atoms with E-state index in [0.29, 0.717) is 25.3 Å². The number of pyridine rings is 1. The van der Waals surface area contributed by atoms with E-state index in [4.69, 9.17) is 4.74 Å². The quantitative estimate of drug-likeness (QED) is 0.332. The number of nitrogens with zero attached hydrogens (tertiary/aromatic N) is 2. The lowest BCUT2D eigenvalue weighted by molar-refractivity contribution is -0.384. The molecule has 0 aromatic carbocycles. The summed E-state index contributed by atoms with van der Waals surface area (Å²) in [4.78, 5) is 14.4. The average Bonchev–Trinajstić information content (AvgIpc) is 2.33. The van der Waals surface area contributed by atoms with E-state index in [-0.39, 0.29) is 11.5 Å². The Morgan fingerprint density at radius 3 is 3.06 bits per heavy atom. The molecule has 0 aliphatic rings. The molecule has 1 N–H and O–H groups in total. The summed E-state index contributed by atoms with van der Waals surface area (Å²) in [7, 11) is 0. The van der Waals surface area contributed by atoms with Crippen molar-refractivity contribution in [2.75, 3.05) is 25.1 Å². The highest BCUT2D eigenvalue weighted by molar-refractivity contribution is 5.59. The molecular weight excluding hydrogens is 234 g/mol. The number of aromatic nitrogens is 1. The number of nitrogens with one attached hydrogen (secondary N) is 1. The number of ether oxygens (including phenoxy) is 1. The van der Waals surface area contributed by atoms with Crippen molar-refractivity contribution in [2.24, 2.45) is 0 Å². The fourth-order valence-electron chi connectivity index (χ4n) is 1.42. The van der Waals surface area contributed by atoms with Crippen LogP contribution in [0.2, 0.25) is 0 Å². The first-order chi connectivity index (χ1) is 8.66. The van der Waals surface area contributed by atoms with Crippen molar-refractivity contribution in [3.8, 4) is 0 Å². The standard InChI is InChI=1S/C12H17N3O3/c1-3-4-8-18-9-7-14-12-11(15(16)17)10(2)5-6-13-12/h3,5-6H,1,4,7-9H2,2H3,(H,13,14). The van der Waals surface area contributed by atoms with E-state index < -0.39 is 4.92 Å². The van der Waals surface area contributed by atoms with E-state index in [0.717, 1.165) is 6.42 Å². The Hall–Kier alpha value is -1.95. The number of rotatable bonds is 8. The van der Waals surface area contributed by atoms with Gasteiger partial charge in [0, 0.05) is 18.3 Å². The first-order valence-electron chi connectivity index (χ1n) is 5.69. The van der Waals surface area contributed by atoms with Crippen molar-refractivity contribution in [1.82, 2.24) is 4.98 Å². The zero-order valence-electron chi connectivity index (χ0n) is 10.4. The third kappa shape index (κ3) is 4.14. The van der Waals surface area contributed by atoms with Crippen molar-refractivity contribution in [3.05, 3.63) is 40.6 Å². The molecule has 1 aromatic rings. The van der Waals surface area contributed by atoms with Gasteiger partial charge in [-0.3, -0.25) is 10.1 Å². The number of hydrogen-bond acceptors (Lipinski definition) is 5. The van der Waals surface area contributed by atoms with Gasteiger partial charge in [-0.1, -0.05) is 6.08 Å². The zero-order chi connectivity index (χ0) is 13.4. The van der Waals surface area contributed by atoms with Crippen molar-refractivity contribution in [1.29, 1.82) is 0 Å². The lowest BCUT2D eigenvalue weighted by atomic mass is 10.2. The van der Waals surface area contributed by atoms with Gasteiger partial charge in [0.2, 0.25) is 5.82 Å². The van der Waals surface area contributed by atoms with Crippen LogP contribution in [0.25, 0.3) is 0 Å². The molecule has 98 valence electrons. The van der Waals surface area contributed by atoms with E-state index >= 15 is 0 Å². The van der Waals surface area contributed by atoms with Gasteiger partial charge in [-0.05, 0) is 19.4 Å². The molecule has 1 aromatic heterocycles. The molecule has 1 heterocycles. The Morgan fingerprint density at radius 1 is 1.61 bits per heavy atom. The Morgan fingerprint density at radius 2 is 2.39 bits per heavy atom. The number of nitro groups is 1. The first-order valence-corrected chi connectivity index (χ1v) is 5.69. The summed E-state index contributed by atoms with van der Waals surface area (Å²) < 4.78 is 5.29. The highest BCUT2D eigenvalue weighted by Crippen LogP contribution is 2.24. The molecule has 0 bridgehead atoms. The Bertz CT molecular complexity index is 421. The van der Waals surface area contributed by atoms with Crippen LogP contribution in [-0.2, 0) is 4.74 Å². The topological polar surface area (TPSA) is 77.3 Å². The van der Waals surface area contributed by atoms with E-state index in [2.05, 4.69) is 16.9 Å². The van der Waals surface area contributed by atoms with Gasteiger partial charge in [0.15, 0.2) is 0 Å². The summed E-state index contributed by atoms with van der Waals surface area (Å²) in [5.74, 6) is 0.285. The van der Waals surface area contributed by atoms with Gasteiger partial charge < -0.3 is 10.1 Å². The van der Waals surface area contributed by atoms with Crippen molar-refractivity contribution < 1.29 is 9.66 Å². The first kappa shape index (κ1) is 14.1. The summed E-state index contributed by atoms with van der Waals surface area (Å²) in [6.07, 6.45) is 4.12. The maximum Gasteiger partial charge on any atom is 0.314 e. The van der Waals surface area contributed by atoms with E-state index in [1.807, 2.05) is 0 Å². The van der Waals surface area contributed by atoms with Gasteiger partial charge in [-0.25, -0.2) is 4.98 Å². The molecule has 0 saturated carbocycles. The van der Waals surface area contributed by atoms with Gasteiger partial charge in [0.1, 0.15) is 0 Å². The Kier molecular flexibility index (Phi) is 5.79. The largest absolute Gasteiger partial charge is 0.379 e. The smallest absolute Gasteiger partial charge is 0.314 e. The molecule has 6 heteroatoms. The molecule has 0 fully saturated rings. The third-order valence-electron chi connectivity index (χ3n) is 2.31. The predicted molar refractivity (Wildman–Crippen MR) is 69.8 cm³/mol. The summed E-state index contributed by atoms with van der Waals surface area (Å²) >= 11 is 0. The minimum absolute atomic E-state index is 0.0172. The van der Waals surface area contributed by atoms with E-state index in [1.54, 1.807) is 25.3 Å². The van der Waals surface area contributed by atoms with Gasteiger partial charge in [0.05, 0.1) is 18.1 Å². The zero-order valence-corrected chi connectivity index (χ0v) is 10.4. The van der Waals surface area contributed by atoms with Crippen LogP contribution in [0.4, 0.5) is 11.5 Å². The Labute approximate surface area is 106 Å². The normalized spacial score (nSPS) is 10.1. The van der Waals surface area contributed by atoms with Crippen LogP contribution in [0.5, 0.6) is 0 Å². The van der Waals surface area contributed by atoms with Gasteiger partial charge >= 0.3 is 5.69 Å². The van der Waals surface area contributed by atoms with Crippen LogP contribution in [0, 0.1) is 17.0 Å². The second-order valence-corrected chi connectivity index (χ2v) is 3.70. The molecule has 0 spiro atoms. The molecular formula is C12H17N3O3. The lowest BCUT2D eigenvalue weighted by Crippen LogP contribution is -2.12. The summed E-state index contributed by atoms with van der Waals surface area (Å²) in [6, 6.07) is 1.61. The average molecular weight is 251 g/mol. The molecule has 6 nitrogen and oxygen atoms in total. The van der Waals surface area contributed by atoms with Gasteiger partial charge in [-0.2, -0.15) is 0 Å². The maximum absolute atomic E-state index is 10.9. The molecule has 0 aliphatic carbocycles. The van der Waals surface area contributed by atoms with Crippen molar-refractivity contribution >= 4 is 11.5 Å². The summed E-state index contributed by atoms with van der Waals surface area (Å²) in [5.41, 5.74) is 0.605. The van der Waals surface area contributed by atoms with Gasteiger partial charge in [-0.15, -0.1) is 6.58 Å². The van der Waals surface area contributed by atoms with Crippen LogP contribution in [0.3, 0.4) is 0 Å². The highest BCUT2D eigenvalue weighted by atomic mass is 16.6. The van der Waals surface area contributed by atoms with Crippen molar-refractivity contribution in [3.63, 3.8) is 0 Å². The molecule has 18 heavy (non-hydrogen) atoms. The van der Waals surface area contributed by atoms with Crippen LogP contribution in [-0.4, -0.2) is 29.7 Å². The van der Waals surface area contributed by atoms with Gasteiger partial charge in [0.25, 0.3) is 0 Å².